The Kier molecular flexibility index (Phi) is 5.82. The van der Waals surface area contributed by atoms with E-state index in [9.17, 15) is 8.42 Å². The molecule has 0 amide bonds. The number of benzene rings is 1. The summed E-state index contributed by atoms with van der Waals surface area (Å²) in [5, 5.41) is 0. The van der Waals surface area contributed by atoms with Gasteiger partial charge in [0.1, 0.15) is 5.75 Å². The summed E-state index contributed by atoms with van der Waals surface area (Å²) in [7, 11) is -3.16. The number of aryl methyl sites for hydroxylation is 2. The molecule has 0 aliphatic carbocycles. The third-order valence-corrected chi connectivity index (χ3v) is 4.42. The van der Waals surface area contributed by atoms with Crippen LogP contribution < -0.4 is 9.46 Å². The monoisotopic (exact) mass is 285 g/mol. The Labute approximate surface area is 116 Å². The quantitative estimate of drug-likeness (QED) is 0.837. The molecule has 1 aromatic carbocycles. The Morgan fingerprint density at radius 1 is 1.16 bits per heavy atom. The molecule has 0 fully saturated rings. The highest BCUT2D eigenvalue weighted by molar-refractivity contribution is 7.89. The third kappa shape index (κ3) is 4.84. The maximum atomic E-state index is 11.6. The number of ether oxygens (including phenoxy) is 1. The van der Waals surface area contributed by atoms with Crippen molar-refractivity contribution in [2.45, 2.75) is 40.7 Å². The van der Waals surface area contributed by atoms with Crippen LogP contribution in [-0.4, -0.2) is 20.8 Å². The van der Waals surface area contributed by atoms with Crippen molar-refractivity contribution in [2.24, 2.45) is 0 Å². The molecule has 0 saturated carbocycles. The van der Waals surface area contributed by atoms with Crippen LogP contribution in [0, 0.1) is 13.8 Å². The van der Waals surface area contributed by atoms with E-state index in [1.807, 2.05) is 39.8 Å². The predicted octanol–water partition coefficient (Wildman–Crippen LogP) is 2.53. The average Bonchev–Trinajstić information content (AvgIpc) is 2.32. The maximum absolute atomic E-state index is 11.6. The van der Waals surface area contributed by atoms with E-state index in [-0.39, 0.29) is 5.75 Å². The van der Waals surface area contributed by atoms with Crippen LogP contribution >= 0.6 is 0 Å². The van der Waals surface area contributed by atoms with Crippen molar-refractivity contribution in [3.05, 3.63) is 28.8 Å². The zero-order valence-corrected chi connectivity index (χ0v) is 12.9. The van der Waals surface area contributed by atoms with Gasteiger partial charge in [0.05, 0.1) is 12.4 Å². The minimum absolute atomic E-state index is 0.169. The van der Waals surface area contributed by atoms with Gasteiger partial charge in [0, 0.05) is 6.54 Å². The van der Waals surface area contributed by atoms with Crippen LogP contribution in [0.2, 0.25) is 0 Å². The first-order valence-corrected chi connectivity index (χ1v) is 8.25. The molecule has 1 N–H and O–H groups in total. The fraction of sp³-hybridized carbons (Fsp3) is 0.571. The molecule has 1 aromatic rings. The van der Waals surface area contributed by atoms with Crippen LogP contribution in [0.5, 0.6) is 5.75 Å². The molecule has 0 aromatic heterocycles. The Balaban J connectivity index is 2.83. The van der Waals surface area contributed by atoms with E-state index >= 15 is 0 Å². The van der Waals surface area contributed by atoms with Crippen molar-refractivity contribution in [3.8, 4) is 5.75 Å². The van der Waals surface area contributed by atoms with Crippen molar-refractivity contribution in [3.63, 3.8) is 0 Å². The van der Waals surface area contributed by atoms with Gasteiger partial charge in [0.15, 0.2) is 0 Å². The molecule has 0 aliphatic rings. The highest BCUT2D eigenvalue weighted by atomic mass is 32.2. The van der Waals surface area contributed by atoms with Gasteiger partial charge in [-0.25, -0.2) is 13.1 Å². The van der Waals surface area contributed by atoms with Gasteiger partial charge >= 0.3 is 0 Å². The minimum Gasteiger partial charge on any atom is -0.494 e. The van der Waals surface area contributed by atoms with Crippen LogP contribution in [0.1, 0.15) is 37.0 Å². The van der Waals surface area contributed by atoms with Crippen LogP contribution in [-0.2, 0) is 16.6 Å². The molecule has 0 unspecified atom stereocenters. The molecular weight excluding hydrogens is 262 g/mol. The molecule has 0 atom stereocenters. The number of rotatable bonds is 7. The highest BCUT2D eigenvalue weighted by Crippen LogP contribution is 2.23. The van der Waals surface area contributed by atoms with E-state index < -0.39 is 10.0 Å². The van der Waals surface area contributed by atoms with Gasteiger partial charge in [-0.15, -0.1) is 0 Å². The van der Waals surface area contributed by atoms with Gasteiger partial charge in [0.25, 0.3) is 0 Å². The lowest BCUT2D eigenvalue weighted by Gasteiger charge is -2.13. The summed E-state index contributed by atoms with van der Waals surface area (Å²) in [6.45, 7) is 8.69. The third-order valence-electron chi connectivity index (χ3n) is 2.89. The van der Waals surface area contributed by atoms with Crippen LogP contribution in [0.25, 0.3) is 0 Å². The van der Waals surface area contributed by atoms with Gasteiger partial charge in [-0.1, -0.05) is 13.0 Å². The van der Waals surface area contributed by atoms with Gasteiger partial charge in [-0.05, 0) is 49.9 Å². The molecule has 0 bridgehead atoms. The lowest BCUT2D eigenvalue weighted by Crippen LogP contribution is -2.26. The summed E-state index contributed by atoms with van der Waals surface area (Å²) in [5.41, 5.74) is 3.05. The lowest BCUT2D eigenvalue weighted by molar-refractivity contribution is 0.337. The lowest BCUT2D eigenvalue weighted by atomic mass is 10.0. The van der Waals surface area contributed by atoms with Crippen molar-refractivity contribution < 1.29 is 13.2 Å². The van der Waals surface area contributed by atoms with Gasteiger partial charge in [0.2, 0.25) is 10.0 Å². The molecule has 0 radical (unpaired) electrons. The van der Waals surface area contributed by atoms with E-state index in [1.54, 1.807) is 0 Å². The van der Waals surface area contributed by atoms with Gasteiger partial charge in [-0.2, -0.15) is 0 Å². The SMILES string of the molecule is CCCS(=O)(=O)NCc1cc(C)c(OCC)cc1C. The molecule has 5 heteroatoms. The number of nitrogens with one attached hydrogen (secondary N) is 1. The Morgan fingerprint density at radius 2 is 1.84 bits per heavy atom. The normalized spacial score (nSPS) is 11.6. The average molecular weight is 285 g/mol. The zero-order chi connectivity index (χ0) is 14.5. The summed E-state index contributed by atoms with van der Waals surface area (Å²) < 4.78 is 31.4. The van der Waals surface area contributed by atoms with E-state index in [1.165, 1.54) is 0 Å². The molecule has 108 valence electrons. The van der Waals surface area contributed by atoms with Gasteiger partial charge < -0.3 is 4.74 Å². The predicted molar refractivity (Wildman–Crippen MR) is 78.0 cm³/mol. The van der Waals surface area contributed by atoms with E-state index in [4.69, 9.17) is 4.74 Å². The van der Waals surface area contributed by atoms with Crippen molar-refractivity contribution >= 4 is 10.0 Å². The standard InChI is InChI=1S/C14H23NO3S/c1-5-7-19(16,17)15-10-13-8-12(4)14(18-6-2)9-11(13)3/h8-9,15H,5-7,10H2,1-4H3. The van der Waals surface area contributed by atoms with E-state index in [0.717, 1.165) is 22.4 Å². The topological polar surface area (TPSA) is 55.4 Å². The molecule has 0 heterocycles. The first-order valence-electron chi connectivity index (χ1n) is 6.59. The molecule has 0 saturated heterocycles. The molecule has 1 rings (SSSR count). The minimum atomic E-state index is -3.16. The molecule has 0 spiro atoms. The van der Waals surface area contributed by atoms with Crippen molar-refractivity contribution in [1.29, 1.82) is 0 Å². The summed E-state index contributed by atoms with van der Waals surface area (Å²) in [4.78, 5) is 0. The second kappa shape index (κ2) is 6.91. The largest absolute Gasteiger partial charge is 0.494 e. The molecular formula is C14H23NO3S. The van der Waals surface area contributed by atoms with Crippen LogP contribution in [0.4, 0.5) is 0 Å². The Bertz CT molecular complexity index is 524. The zero-order valence-electron chi connectivity index (χ0n) is 12.1. The summed E-state index contributed by atoms with van der Waals surface area (Å²) in [6.07, 6.45) is 0.622. The summed E-state index contributed by atoms with van der Waals surface area (Å²) in [6, 6.07) is 3.94. The second-order valence-electron chi connectivity index (χ2n) is 4.62. The fourth-order valence-electron chi connectivity index (χ4n) is 1.88. The van der Waals surface area contributed by atoms with Crippen LogP contribution in [0.3, 0.4) is 0 Å². The first-order chi connectivity index (χ1) is 8.89. The summed E-state index contributed by atoms with van der Waals surface area (Å²) in [5.74, 6) is 1.03. The van der Waals surface area contributed by atoms with Gasteiger partial charge in [-0.3, -0.25) is 0 Å². The smallest absolute Gasteiger partial charge is 0.211 e. The molecule has 19 heavy (non-hydrogen) atoms. The van der Waals surface area contributed by atoms with E-state index in [2.05, 4.69) is 4.72 Å². The number of hydrogen-bond donors (Lipinski definition) is 1. The van der Waals surface area contributed by atoms with Crippen molar-refractivity contribution in [2.75, 3.05) is 12.4 Å². The number of hydrogen-bond acceptors (Lipinski definition) is 3. The maximum Gasteiger partial charge on any atom is 0.211 e. The van der Waals surface area contributed by atoms with Crippen LogP contribution in [0.15, 0.2) is 12.1 Å². The number of sulfonamides is 1. The van der Waals surface area contributed by atoms with E-state index in [0.29, 0.717) is 19.6 Å². The fourth-order valence-corrected chi connectivity index (χ4v) is 2.94. The Morgan fingerprint density at radius 3 is 2.42 bits per heavy atom. The molecule has 4 nitrogen and oxygen atoms in total. The second-order valence-corrected chi connectivity index (χ2v) is 6.54. The van der Waals surface area contributed by atoms with Crippen molar-refractivity contribution in [1.82, 2.24) is 4.72 Å². The first kappa shape index (κ1) is 16.0. The molecule has 0 aliphatic heterocycles. The Hall–Kier alpha value is -1.07. The highest BCUT2D eigenvalue weighted by Gasteiger charge is 2.10. The summed E-state index contributed by atoms with van der Waals surface area (Å²) >= 11 is 0.